The summed E-state index contributed by atoms with van der Waals surface area (Å²) in [6.07, 6.45) is 1.04. The molecule has 0 aliphatic carbocycles. The van der Waals surface area contributed by atoms with Crippen molar-refractivity contribution >= 4 is 49.1 Å². The van der Waals surface area contributed by atoms with Crippen LogP contribution in [-0.2, 0) is 26.0 Å². The lowest BCUT2D eigenvalue weighted by molar-refractivity contribution is -0.118. The minimum absolute atomic E-state index is 0.0124. The molecular formula is C21H24BrN3O4S. The van der Waals surface area contributed by atoms with E-state index in [1.807, 2.05) is 19.1 Å². The average Bonchev–Trinajstić information content (AvgIpc) is 3.12. The summed E-state index contributed by atoms with van der Waals surface area (Å²) in [5, 5.41) is 2.79. The molecule has 2 amide bonds. The first-order valence-corrected chi connectivity index (χ1v) is 12.0. The normalized spacial score (nSPS) is 13.2. The van der Waals surface area contributed by atoms with Crippen LogP contribution in [0.4, 0.5) is 11.4 Å². The molecule has 0 spiro atoms. The third-order valence-corrected chi connectivity index (χ3v) is 6.92. The Balaban J connectivity index is 1.59. The van der Waals surface area contributed by atoms with Gasteiger partial charge in [-0.05, 0) is 60.9 Å². The van der Waals surface area contributed by atoms with Gasteiger partial charge in [0.25, 0.3) is 0 Å². The van der Waals surface area contributed by atoms with Crippen molar-refractivity contribution in [3.63, 3.8) is 0 Å². The van der Waals surface area contributed by atoms with Crippen molar-refractivity contribution in [3.8, 4) is 0 Å². The molecule has 0 bridgehead atoms. The van der Waals surface area contributed by atoms with Crippen LogP contribution in [0.5, 0.6) is 0 Å². The highest BCUT2D eigenvalue weighted by Gasteiger charge is 2.25. The first-order chi connectivity index (χ1) is 14.2. The highest BCUT2D eigenvalue weighted by Crippen LogP contribution is 2.30. The summed E-state index contributed by atoms with van der Waals surface area (Å²) < 4.78 is 28.6. The molecule has 0 aromatic heterocycles. The van der Waals surface area contributed by atoms with Gasteiger partial charge in [-0.3, -0.25) is 9.59 Å². The Labute approximate surface area is 185 Å². The van der Waals surface area contributed by atoms with E-state index in [0.29, 0.717) is 25.1 Å². The second-order valence-corrected chi connectivity index (χ2v) is 9.78. The molecule has 30 heavy (non-hydrogen) atoms. The lowest BCUT2D eigenvalue weighted by atomic mass is 10.2. The third kappa shape index (κ3) is 5.08. The highest BCUT2D eigenvalue weighted by molar-refractivity contribution is 9.10. The summed E-state index contributed by atoms with van der Waals surface area (Å²) in [4.78, 5) is 26.0. The number of carbonyl (C=O) groups is 2. The lowest BCUT2D eigenvalue weighted by Gasteiger charge is -2.16. The Hall–Kier alpha value is -2.23. The molecule has 7 nitrogen and oxygen atoms in total. The summed E-state index contributed by atoms with van der Waals surface area (Å²) in [6, 6.07) is 10.3. The van der Waals surface area contributed by atoms with Crippen molar-refractivity contribution in [1.29, 1.82) is 0 Å². The van der Waals surface area contributed by atoms with Crippen LogP contribution < -0.4 is 14.9 Å². The molecule has 0 saturated heterocycles. The number of benzene rings is 2. The maximum atomic E-state index is 12.6. The van der Waals surface area contributed by atoms with Crippen LogP contribution in [0.15, 0.2) is 45.8 Å². The fraction of sp³-hybridized carbons (Fsp3) is 0.333. The first kappa shape index (κ1) is 22.5. The van der Waals surface area contributed by atoms with Crippen molar-refractivity contribution in [2.24, 2.45) is 0 Å². The molecule has 0 fully saturated rings. The number of halogens is 1. The molecule has 1 aliphatic heterocycles. The fourth-order valence-corrected chi connectivity index (χ4v) is 4.92. The smallest absolute Gasteiger partial charge is 0.240 e. The summed E-state index contributed by atoms with van der Waals surface area (Å²) >= 11 is 3.37. The van der Waals surface area contributed by atoms with Gasteiger partial charge in [-0.25, -0.2) is 13.1 Å². The Morgan fingerprint density at radius 3 is 2.63 bits per heavy atom. The van der Waals surface area contributed by atoms with Crippen molar-refractivity contribution in [3.05, 3.63) is 52.0 Å². The molecule has 1 aliphatic rings. The molecule has 2 aromatic rings. The van der Waals surface area contributed by atoms with E-state index in [0.717, 1.165) is 21.3 Å². The van der Waals surface area contributed by atoms with Crippen LogP contribution in [-0.4, -0.2) is 33.3 Å². The summed E-state index contributed by atoms with van der Waals surface area (Å²) in [5.41, 5.74) is 3.20. The van der Waals surface area contributed by atoms with E-state index in [1.165, 1.54) is 6.07 Å². The van der Waals surface area contributed by atoms with Gasteiger partial charge in [0.05, 0.1) is 4.90 Å². The van der Waals surface area contributed by atoms with E-state index >= 15 is 0 Å². The molecule has 160 valence electrons. The molecule has 0 radical (unpaired) electrons. The number of fused-ring (bicyclic) bond motifs is 1. The number of rotatable bonds is 7. The van der Waals surface area contributed by atoms with Gasteiger partial charge in [0.1, 0.15) is 0 Å². The van der Waals surface area contributed by atoms with Gasteiger partial charge in [0.2, 0.25) is 21.8 Å². The van der Waals surface area contributed by atoms with Gasteiger partial charge in [0, 0.05) is 41.8 Å². The predicted molar refractivity (Wildman–Crippen MR) is 120 cm³/mol. The molecule has 1 heterocycles. The number of sulfonamides is 1. The van der Waals surface area contributed by atoms with Gasteiger partial charge in [-0.2, -0.15) is 0 Å². The number of anilines is 2. The van der Waals surface area contributed by atoms with Gasteiger partial charge < -0.3 is 10.2 Å². The van der Waals surface area contributed by atoms with Crippen LogP contribution >= 0.6 is 15.9 Å². The van der Waals surface area contributed by atoms with Crippen LogP contribution in [0, 0.1) is 6.92 Å². The Morgan fingerprint density at radius 2 is 1.93 bits per heavy atom. The number of nitrogens with one attached hydrogen (secondary N) is 2. The Bertz CT molecular complexity index is 1090. The van der Waals surface area contributed by atoms with Crippen molar-refractivity contribution in [2.75, 3.05) is 23.3 Å². The van der Waals surface area contributed by atoms with E-state index < -0.39 is 10.0 Å². The molecule has 2 aromatic carbocycles. The molecule has 9 heteroatoms. The molecule has 0 atom stereocenters. The third-order valence-electron chi connectivity index (χ3n) is 4.97. The van der Waals surface area contributed by atoms with Gasteiger partial charge in [-0.15, -0.1) is 0 Å². The van der Waals surface area contributed by atoms with E-state index in [2.05, 4.69) is 26.0 Å². The largest absolute Gasteiger partial charge is 0.326 e. The van der Waals surface area contributed by atoms with Crippen molar-refractivity contribution < 1.29 is 18.0 Å². The fourth-order valence-electron chi connectivity index (χ4n) is 3.36. The monoisotopic (exact) mass is 493 g/mol. The summed E-state index contributed by atoms with van der Waals surface area (Å²) in [5.74, 6) is -0.250. The van der Waals surface area contributed by atoms with Crippen molar-refractivity contribution in [2.45, 2.75) is 38.0 Å². The van der Waals surface area contributed by atoms with Crippen LogP contribution in [0.25, 0.3) is 0 Å². The first-order valence-electron chi connectivity index (χ1n) is 9.70. The van der Waals surface area contributed by atoms with Gasteiger partial charge in [0.15, 0.2) is 0 Å². The molecular weight excluding hydrogens is 470 g/mol. The SMILES string of the molecule is CCC(=O)N1CCc2cc(S(=O)(=O)NCCC(=O)Nc3ccc(Br)cc3C)ccc21. The maximum Gasteiger partial charge on any atom is 0.240 e. The van der Waals surface area contributed by atoms with Crippen LogP contribution in [0.1, 0.15) is 30.9 Å². The average molecular weight is 494 g/mol. The molecule has 2 N–H and O–H groups in total. The standard InChI is InChI=1S/C21H24BrN3O4S/c1-3-21(27)25-11-9-15-13-17(5-7-19(15)25)30(28,29)23-10-8-20(26)24-18-6-4-16(22)12-14(18)2/h4-7,12-13,23H,3,8-11H2,1-2H3,(H,24,26). The zero-order chi connectivity index (χ0) is 21.9. The zero-order valence-electron chi connectivity index (χ0n) is 16.9. The van der Waals surface area contributed by atoms with E-state index in [1.54, 1.807) is 30.0 Å². The molecule has 0 unspecified atom stereocenters. The summed E-state index contributed by atoms with van der Waals surface area (Å²) in [7, 11) is -3.75. The minimum atomic E-state index is -3.75. The lowest BCUT2D eigenvalue weighted by Crippen LogP contribution is -2.28. The Kier molecular flexibility index (Phi) is 6.95. The molecule has 3 rings (SSSR count). The second-order valence-electron chi connectivity index (χ2n) is 7.09. The van der Waals surface area contributed by atoms with Crippen molar-refractivity contribution in [1.82, 2.24) is 4.72 Å². The second kappa shape index (κ2) is 9.28. The van der Waals surface area contributed by atoms with E-state index in [4.69, 9.17) is 0 Å². The minimum Gasteiger partial charge on any atom is -0.326 e. The number of hydrogen-bond acceptors (Lipinski definition) is 4. The van der Waals surface area contributed by atoms with Crippen LogP contribution in [0.2, 0.25) is 0 Å². The number of carbonyl (C=O) groups excluding carboxylic acids is 2. The zero-order valence-corrected chi connectivity index (χ0v) is 19.3. The molecule has 0 saturated carbocycles. The van der Waals surface area contributed by atoms with Gasteiger partial charge >= 0.3 is 0 Å². The van der Waals surface area contributed by atoms with E-state index in [9.17, 15) is 18.0 Å². The maximum absolute atomic E-state index is 12.6. The topological polar surface area (TPSA) is 95.6 Å². The highest BCUT2D eigenvalue weighted by atomic mass is 79.9. The Morgan fingerprint density at radius 1 is 1.17 bits per heavy atom. The summed E-state index contributed by atoms with van der Waals surface area (Å²) in [6.45, 7) is 4.24. The number of amides is 2. The number of hydrogen-bond donors (Lipinski definition) is 2. The quantitative estimate of drug-likeness (QED) is 0.617. The van der Waals surface area contributed by atoms with E-state index in [-0.39, 0.29) is 29.7 Å². The van der Waals surface area contributed by atoms with Gasteiger partial charge in [-0.1, -0.05) is 22.9 Å². The number of nitrogens with zero attached hydrogens (tertiary/aromatic N) is 1. The van der Waals surface area contributed by atoms with Crippen LogP contribution in [0.3, 0.4) is 0 Å². The number of aryl methyl sites for hydroxylation is 1. The predicted octanol–water partition coefficient (Wildman–Crippen LogP) is 3.36.